The van der Waals surface area contributed by atoms with Gasteiger partial charge < -0.3 is 15.0 Å². The molecule has 1 aliphatic heterocycles. The number of imidazole rings is 1. The molecule has 0 atom stereocenters. The normalized spacial score (nSPS) is 14.3. The summed E-state index contributed by atoms with van der Waals surface area (Å²) in [6.07, 6.45) is 1.75. The van der Waals surface area contributed by atoms with E-state index in [1.54, 1.807) is 21.6 Å². The zero-order chi connectivity index (χ0) is 19.7. The molecule has 0 unspecified atom stereocenters. The van der Waals surface area contributed by atoms with Crippen LogP contribution < -0.4 is 5.32 Å². The Bertz CT molecular complexity index is 1050. The third kappa shape index (κ3) is 3.25. The van der Waals surface area contributed by atoms with Crippen molar-refractivity contribution in [3.05, 3.63) is 65.2 Å². The number of rotatable bonds is 3. The van der Waals surface area contributed by atoms with Gasteiger partial charge in [0.1, 0.15) is 0 Å². The van der Waals surface area contributed by atoms with E-state index in [2.05, 4.69) is 10.3 Å². The Balaban J connectivity index is 1.70. The summed E-state index contributed by atoms with van der Waals surface area (Å²) < 4.78 is 6.98. The minimum absolute atomic E-state index is 0.183. The number of aromatic nitrogens is 2. The van der Waals surface area contributed by atoms with Gasteiger partial charge in [0.2, 0.25) is 5.82 Å². The molecule has 1 aromatic carbocycles. The van der Waals surface area contributed by atoms with Gasteiger partial charge in [0.05, 0.1) is 18.7 Å². The number of ether oxygens (including phenoxy) is 1. The van der Waals surface area contributed by atoms with Crippen LogP contribution in [-0.4, -0.2) is 52.4 Å². The second-order valence-electron chi connectivity index (χ2n) is 6.85. The van der Waals surface area contributed by atoms with Gasteiger partial charge in [-0.15, -0.1) is 0 Å². The summed E-state index contributed by atoms with van der Waals surface area (Å²) in [5.74, 6) is -0.346. The zero-order valence-electron chi connectivity index (χ0n) is 15.9. The SMILES string of the molecule is Cc1cccc(NC(=O)c2nc(C(=O)N3CCOCC3)c3ccccn23)c1C. The number of carbonyl (C=O) groups is 2. The Morgan fingerprint density at radius 1 is 1.07 bits per heavy atom. The highest BCUT2D eigenvalue weighted by Gasteiger charge is 2.26. The highest BCUT2D eigenvalue weighted by molar-refractivity contribution is 6.06. The second-order valence-corrected chi connectivity index (χ2v) is 6.85. The van der Waals surface area contributed by atoms with Gasteiger partial charge in [-0.05, 0) is 43.2 Å². The van der Waals surface area contributed by atoms with Crippen molar-refractivity contribution < 1.29 is 14.3 Å². The number of hydrogen-bond donors (Lipinski definition) is 1. The van der Waals surface area contributed by atoms with Crippen molar-refractivity contribution in [1.82, 2.24) is 14.3 Å². The molecule has 1 N–H and O–H groups in total. The lowest BCUT2D eigenvalue weighted by Crippen LogP contribution is -2.40. The predicted octanol–water partition coefficient (Wildman–Crippen LogP) is 2.68. The van der Waals surface area contributed by atoms with E-state index in [4.69, 9.17) is 4.74 Å². The number of nitrogens with one attached hydrogen (secondary N) is 1. The Morgan fingerprint density at radius 3 is 2.64 bits per heavy atom. The van der Waals surface area contributed by atoms with Crippen molar-refractivity contribution in [2.75, 3.05) is 31.6 Å². The fourth-order valence-corrected chi connectivity index (χ4v) is 3.34. The summed E-state index contributed by atoms with van der Waals surface area (Å²) in [6.45, 7) is 6.02. The number of nitrogens with zero attached hydrogens (tertiary/aromatic N) is 3. The molecule has 3 heterocycles. The molecule has 7 nitrogen and oxygen atoms in total. The first-order chi connectivity index (χ1) is 13.6. The lowest BCUT2D eigenvalue weighted by atomic mass is 10.1. The lowest BCUT2D eigenvalue weighted by Gasteiger charge is -2.26. The molecule has 0 spiro atoms. The van der Waals surface area contributed by atoms with Crippen LogP contribution in [0.3, 0.4) is 0 Å². The van der Waals surface area contributed by atoms with E-state index >= 15 is 0 Å². The molecule has 1 saturated heterocycles. The third-order valence-electron chi connectivity index (χ3n) is 5.11. The maximum absolute atomic E-state index is 13.0. The fourth-order valence-electron chi connectivity index (χ4n) is 3.34. The van der Waals surface area contributed by atoms with Gasteiger partial charge in [-0.2, -0.15) is 0 Å². The van der Waals surface area contributed by atoms with Crippen LogP contribution in [0.15, 0.2) is 42.6 Å². The number of carbonyl (C=O) groups excluding carboxylic acids is 2. The number of amides is 2. The molecule has 0 saturated carbocycles. The Morgan fingerprint density at radius 2 is 1.86 bits per heavy atom. The smallest absolute Gasteiger partial charge is 0.292 e. The van der Waals surface area contributed by atoms with Crippen molar-refractivity contribution in [3.8, 4) is 0 Å². The molecule has 4 rings (SSSR count). The first kappa shape index (κ1) is 18.2. The number of anilines is 1. The van der Waals surface area contributed by atoms with Crippen LogP contribution in [0.4, 0.5) is 5.69 Å². The van der Waals surface area contributed by atoms with Crippen LogP contribution in [0, 0.1) is 13.8 Å². The van der Waals surface area contributed by atoms with Crippen molar-refractivity contribution >= 4 is 23.0 Å². The molecule has 0 bridgehead atoms. The molecular weight excluding hydrogens is 356 g/mol. The molecule has 28 heavy (non-hydrogen) atoms. The topological polar surface area (TPSA) is 75.9 Å². The molecule has 2 aromatic heterocycles. The number of benzene rings is 1. The van der Waals surface area contributed by atoms with Crippen LogP contribution >= 0.6 is 0 Å². The average molecular weight is 378 g/mol. The zero-order valence-corrected chi connectivity index (χ0v) is 15.9. The standard InChI is InChI=1S/C21H22N4O3/c1-14-6-5-7-16(15(14)2)22-20(26)19-23-18(17-8-3-4-9-25(17)19)21(27)24-10-12-28-13-11-24/h3-9H,10-13H2,1-2H3,(H,22,26). The van der Waals surface area contributed by atoms with E-state index in [-0.39, 0.29) is 23.3 Å². The summed E-state index contributed by atoms with van der Waals surface area (Å²) in [5, 5.41) is 2.92. The van der Waals surface area contributed by atoms with E-state index in [1.807, 2.05) is 44.2 Å². The van der Waals surface area contributed by atoms with Crippen LogP contribution in [0.25, 0.3) is 5.52 Å². The minimum Gasteiger partial charge on any atom is -0.378 e. The fraction of sp³-hybridized carbons (Fsp3) is 0.286. The number of hydrogen-bond acceptors (Lipinski definition) is 4. The second kappa shape index (κ2) is 7.44. The van der Waals surface area contributed by atoms with Gasteiger partial charge in [0.25, 0.3) is 11.8 Å². The minimum atomic E-state index is -0.351. The van der Waals surface area contributed by atoms with Gasteiger partial charge in [0, 0.05) is 25.0 Å². The Kier molecular flexibility index (Phi) is 4.83. The van der Waals surface area contributed by atoms with Crippen LogP contribution in [-0.2, 0) is 4.74 Å². The highest BCUT2D eigenvalue weighted by atomic mass is 16.5. The van der Waals surface area contributed by atoms with Crippen molar-refractivity contribution in [3.63, 3.8) is 0 Å². The summed E-state index contributed by atoms with van der Waals surface area (Å²) >= 11 is 0. The number of pyridine rings is 1. The first-order valence-electron chi connectivity index (χ1n) is 9.28. The average Bonchev–Trinajstić information content (AvgIpc) is 3.11. The van der Waals surface area contributed by atoms with Gasteiger partial charge in [0.15, 0.2) is 5.69 Å². The van der Waals surface area contributed by atoms with Crippen molar-refractivity contribution in [2.45, 2.75) is 13.8 Å². The van der Waals surface area contributed by atoms with E-state index in [0.29, 0.717) is 31.8 Å². The van der Waals surface area contributed by atoms with Crippen molar-refractivity contribution in [2.24, 2.45) is 0 Å². The van der Waals surface area contributed by atoms with Crippen LogP contribution in [0.1, 0.15) is 32.2 Å². The molecule has 0 radical (unpaired) electrons. The molecule has 7 heteroatoms. The summed E-state index contributed by atoms with van der Waals surface area (Å²) in [4.78, 5) is 32.1. The molecule has 3 aromatic rings. The van der Waals surface area contributed by atoms with Gasteiger partial charge in [-0.3, -0.25) is 14.0 Å². The van der Waals surface area contributed by atoms with E-state index in [0.717, 1.165) is 16.8 Å². The number of aryl methyl sites for hydroxylation is 1. The highest BCUT2D eigenvalue weighted by Crippen LogP contribution is 2.21. The van der Waals surface area contributed by atoms with Gasteiger partial charge in [-0.1, -0.05) is 18.2 Å². The summed E-state index contributed by atoms with van der Waals surface area (Å²) in [7, 11) is 0. The molecule has 0 aliphatic carbocycles. The molecule has 2 amide bonds. The maximum Gasteiger partial charge on any atom is 0.292 e. The van der Waals surface area contributed by atoms with Crippen LogP contribution in [0.2, 0.25) is 0 Å². The molecular formula is C21H22N4O3. The molecule has 1 fully saturated rings. The largest absolute Gasteiger partial charge is 0.378 e. The van der Waals surface area contributed by atoms with E-state index in [9.17, 15) is 9.59 Å². The predicted molar refractivity (Wildman–Crippen MR) is 106 cm³/mol. The first-order valence-corrected chi connectivity index (χ1v) is 9.28. The number of fused-ring (bicyclic) bond motifs is 1. The quantitative estimate of drug-likeness (QED) is 0.760. The Labute approximate surface area is 162 Å². The van der Waals surface area contributed by atoms with E-state index in [1.165, 1.54) is 0 Å². The lowest BCUT2D eigenvalue weighted by molar-refractivity contribution is 0.0300. The van der Waals surface area contributed by atoms with Crippen molar-refractivity contribution in [1.29, 1.82) is 0 Å². The Hall–Kier alpha value is -3.19. The van der Waals surface area contributed by atoms with Gasteiger partial charge >= 0.3 is 0 Å². The molecule has 1 aliphatic rings. The third-order valence-corrected chi connectivity index (χ3v) is 5.11. The maximum atomic E-state index is 13.0. The van der Waals surface area contributed by atoms with E-state index < -0.39 is 0 Å². The molecule has 144 valence electrons. The monoisotopic (exact) mass is 378 g/mol. The van der Waals surface area contributed by atoms with Gasteiger partial charge in [-0.25, -0.2) is 4.98 Å². The summed E-state index contributed by atoms with van der Waals surface area (Å²) in [5.41, 5.74) is 3.73. The summed E-state index contributed by atoms with van der Waals surface area (Å²) in [6, 6.07) is 11.2. The number of morpholine rings is 1. The van der Waals surface area contributed by atoms with Crippen LogP contribution in [0.5, 0.6) is 0 Å².